The van der Waals surface area contributed by atoms with Crippen LogP contribution in [0.1, 0.15) is 12.0 Å². The van der Waals surface area contributed by atoms with Gasteiger partial charge < -0.3 is 4.74 Å². The molecule has 1 aliphatic rings. The zero-order valence-electron chi connectivity index (χ0n) is 6.79. The second-order valence-corrected chi connectivity index (χ2v) is 2.78. The normalized spacial score (nSPS) is 20.5. The fraction of sp³-hybridized carbons (Fsp3) is 0.273. The van der Waals surface area contributed by atoms with Crippen LogP contribution in [0.2, 0.25) is 0 Å². The van der Waals surface area contributed by atoms with E-state index in [0.717, 1.165) is 18.6 Å². The van der Waals surface area contributed by atoms with Gasteiger partial charge in [0, 0.05) is 12.0 Å². The molecule has 0 N–H and O–H groups in total. The highest BCUT2D eigenvalue weighted by Crippen LogP contribution is 2.09. The standard InChI is InChI=1S/C11H10O/c1-2-4-10(5-3-1)6-7-11-8-9-12-11/h1-5,11H,8-9H2/t11-/m0/s1. The lowest BCUT2D eigenvalue weighted by molar-refractivity contribution is -0.0122. The summed E-state index contributed by atoms with van der Waals surface area (Å²) in [5.41, 5.74) is 1.06. The summed E-state index contributed by atoms with van der Waals surface area (Å²) in [4.78, 5) is 0. The van der Waals surface area contributed by atoms with Gasteiger partial charge in [0.1, 0.15) is 6.10 Å². The van der Waals surface area contributed by atoms with E-state index in [9.17, 15) is 0 Å². The van der Waals surface area contributed by atoms with Crippen LogP contribution in [0.4, 0.5) is 0 Å². The van der Waals surface area contributed by atoms with Gasteiger partial charge in [-0.25, -0.2) is 0 Å². The first-order chi connectivity index (χ1) is 5.95. The van der Waals surface area contributed by atoms with Crippen molar-refractivity contribution in [3.8, 4) is 11.8 Å². The second-order valence-electron chi connectivity index (χ2n) is 2.78. The number of rotatable bonds is 0. The lowest BCUT2D eigenvalue weighted by atomic mass is 10.1. The van der Waals surface area contributed by atoms with Crippen molar-refractivity contribution >= 4 is 0 Å². The van der Waals surface area contributed by atoms with E-state index < -0.39 is 0 Å². The monoisotopic (exact) mass is 158 g/mol. The number of ether oxygens (including phenoxy) is 1. The van der Waals surface area contributed by atoms with E-state index in [1.807, 2.05) is 30.3 Å². The van der Waals surface area contributed by atoms with Crippen LogP contribution < -0.4 is 0 Å². The third-order valence-electron chi connectivity index (χ3n) is 1.85. The summed E-state index contributed by atoms with van der Waals surface area (Å²) >= 11 is 0. The molecule has 1 aromatic carbocycles. The van der Waals surface area contributed by atoms with E-state index in [1.165, 1.54) is 0 Å². The molecule has 0 bridgehead atoms. The van der Waals surface area contributed by atoms with Gasteiger partial charge in [0.15, 0.2) is 0 Å². The lowest BCUT2D eigenvalue weighted by Gasteiger charge is -2.20. The molecule has 1 aromatic rings. The molecular formula is C11H10O. The van der Waals surface area contributed by atoms with Crippen molar-refractivity contribution in [2.24, 2.45) is 0 Å². The summed E-state index contributed by atoms with van der Waals surface area (Å²) < 4.78 is 5.18. The average Bonchev–Trinajstić information content (AvgIpc) is 2.04. The number of hydrogen-bond acceptors (Lipinski definition) is 1. The minimum Gasteiger partial charge on any atom is -0.365 e. The van der Waals surface area contributed by atoms with Crippen LogP contribution in [0.15, 0.2) is 30.3 Å². The lowest BCUT2D eigenvalue weighted by Crippen LogP contribution is -2.24. The molecule has 0 spiro atoms. The first kappa shape index (κ1) is 7.39. The quantitative estimate of drug-likeness (QED) is 0.523. The molecule has 0 radical (unpaired) electrons. The van der Waals surface area contributed by atoms with Crippen LogP contribution in [0.3, 0.4) is 0 Å². The van der Waals surface area contributed by atoms with Gasteiger partial charge in [-0.05, 0) is 12.1 Å². The van der Waals surface area contributed by atoms with Crippen LogP contribution in [0.25, 0.3) is 0 Å². The molecule has 1 fully saturated rings. The van der Waals surface area contributed by atoms with Gasteiger partial charge in [-0.2, -0.15) is 0 Å². The molecule has 0 aliphatic carbocycles. The molecule has 1 heterocycles. The van der Waals surface area contributed by atoms with Crippen molar-refractivity contribution in [1.29, 1.82) is 0 Å². The van der Waals surface area contributed by atoms with Crippen molar-refractivity contribution in [1.82, 2.24) is 0 Å². The molecule has 0 saturated carbocycles. The Hall–Kier alpha value is -1.26. The van der Waals surface area contributed by atoms with E-state index in [2.05, 4.69) is 11.8 Å². The minimum absolute atomic E-state index is 0.185. The third kappa shape index (κ3) is 1.66. The summed E-state index contributed by atoms with van der Waals surface area (Å²) in [5, 5.41) is 0. The van der Waals surface area contributed by atoms with Crippen molar-refractivity contribution in [3.63, 3.8) is 0 Å². The summed E-state index contributed by atoms with van der Waals surface area (Å²) in [5.74, 6) is 6.13. The van der Waals surface area contributed by atoms with E-state index in [4.69, 9.17) is 4.74 Å². The van der Waals surface area contributed by atoms with Gasteiger partial charge in [-0.1, -0.05) is 30.0 Å². The average molecular weight is 158 g/mol. The van der Waals surface area contributed by atoms with Crippen molar-refractivity contribution < 1.29 is 4.74 Å². The van der Waals surface area contributed by atoms with E-state index in [1.54, 1.807) is 0 Å². The highest BCUT2D eigenvalue weighted by atomic mass is 16.5. The Morgan fingerprint density at radius 1 is 1.25 bits per heavy atom. The molecule has 60 valence electrons. The van der Waals surface area contributed by atoms with E-state index in [-0.39, 0.29) is 6.10 Å². The molecule has 1 aliphatic heterocycles. The Labute approximate surface area is 72.4 Å². The Balaban J connectivity index is 2.05. The summed E-state index contributed by atoms with van der Waals surface area (Å²) in [6, 6.07) is 9.99. The molecule has 1 heteroatoms. The van der Waals surface area contributed by atoms with Crippen LogP contribution in [0.5, 0.6) is 0 Å². The molecule has 1 nitrogen and oxygen atoms in total. The molecule has 1 saturated heterocycles. The zero-order chi connectivity index (χ0) is 8.23. The van der Waals surface area contributed by atoms with Gasteiger partial charge in [-0.15, -0.1) is 0 Å². The molecule has 0 amide bonds. The van der Waals surface area contributed by atoms with Crippen LogP contribution in [0, 0.1) is 11.8 Å². The maximum atomic E-state index is 5.18. The zero-order valence-corrected chi connectivity index (χ0v) is 6.79. The maximum Gasteiger partial charge on any atom is 0.120 e. The van der Waals surface area contributed by atoms with Crippen molar-refractivity contribution in [2.75, 3.05) is 6.61 Å². The highest BCUT2D eigenvalue weighted by molar-refractivity contribution is 5.34. The molecular weight excluding hydrogens is 148 g/mol. The molecule has 2 rings (SSSR count). The predicted molar refractivity (Wildman–Crippen MR) is 47.7 cm³/mol. The van der Waals surface area contributed by atoms with Crippen LogP contribution in [-0.4, -0.2) is 12.7 Å². The van der Waals surface area contributed by atoms with Gasteiger partial charge in [0.25, 0.3) is 0 Å². The number of benzene rings is 1. The van der Waals surface area contributed by atoms with Gasteiger partial charge >= 0.3 is 0 Å². The van der Waals surface area contributed by atoms with Crippen LogP contribution in [-0.2, 0) is 4.74 Å². The van der Waals surface area contributed by atoms with Gasteiger partial charge in [-0.3, -0.25) is 0 Å². The molecule has 0 unspecified atom stereocenters. The summed E-state index contributed by atoms with van der Waals surface area (Å²) in [6.07, 6.45) is 1.27. The minimum atomic E-state index is 0.185. The van der Waals surface area contributed by atoms with E-state index in [0.29, 0.717) is 0 Å². The molecule has 0 aromatic heterocycles. The van der Waals surface area contributed by atoms with Gasteiger partial charge in [0.05, 0.1) is 6.61 Å². The Kier molecular flexibility index (Phi) is 2.11. The largest absolute Gasteiger partial charge is 0.365 e. The first-order valence-corrected chi connectivity index (χ1v) is 4.13. The fourth-order valence-electron chi connectivity index (χ4n) is 1.03. The third-order valence-corrected chi connectivity index (χ3v) is 1.85. The van der Waals surface area contributed by atoms with Gasteiger partial charge in [0.2, 0.25) is 0 Å². The Morgan fingerprint density at radius 2 is 2.00 bits per heavy atom. The Morgan fingerprint density at radius 3 is 2.58 bits per heavy atom. The summed E-state index contributed by atoms with van der Waals surface area (Å²) in [7, 11) is 0. The Bertz CT molecular complexity index is 301. The van der Waals surface area contributed by atoms with Crippen molar-refractivity contribution in [2.45, 2.75) is 12.5 Å². The molecule has 1 atom stereocenters. The first-order valence-electron chi connectivity index (χ1n) is 4.13. The van der Waals surface area contributed by atoms with E-state index >= 15 is 0 Å². The summed E-state index contributed by atoms with van der Waals surface area (Å²) in [6.45, 7) is 0.869. The highest BCUT2D eigenvalue weighted by Gasteiger charge is 2.13. The molecule has 12 heavy (non-hydrogen) atoms. The maximum absolute atomic E-state index is 5.18. The predicted octanol–water partition coefficient (Wildman–Crippen LogP) is 1.83. The fourth-order valence-corrected chi connectivity index (χ4v) is 1.03. The van der Waals surface area contributed by atoms with Crippen LogP contribution >= 0.6 is 0 Å². The smallest absolute Gasteiger partial charge is 0.120 e. The second kappa shape index (κ2) is 3.42. The number of hydrogen-bond donors (Lipinski definition) is 0. The van der Waals surface area contributed by atoms with Crippen molar-refractivity contribution in [3.05, 3.63) is 35.9 Å². The topological polar surface area (TPSA) is 9.23 Å². The SMILES string of the molecule is C(#C[C@H]1CCO1)c1ccccc1.